The summed E-state index contributed by atoms with van der Waals surface area (Å²) in [4.78, 5) is 0. The summed E-state index contributed by atoms with van der Waals surface area (Å²) in [6.45, 7) is 2.20. The van der Waals surface area contributed by atoms with Crippen LogP contribution in [-0.2, 0) is 0 Å². The smallest absolute Gasteiger partial charge is 0.108 e. The van der Waals surface area contributed by atoms with Gasteiger partial charge in [0.05, 0.1) is 5.60 Å². The van der Waals surface area contributed by atoms with Crippen molar-refractivity contribution in [3.8, 4) is 0 Å². The van der Waals surface area contributed by atoms with Crippen molar-refractivity contribution in [2.75, 3.05) is 0 Å². The molecule has 2 N–H and O–H groups in total. The lowest BCUT2D eigenvalue weighted by molar-refractivity contribution is -0.105. The van der Waals surface area contributed by atoms with E-state index in [-0.39, 0.29) is 0 Å². The Morgan fingerprint density at radius 3 is 2.31 bits per heavy atom. The van der Waals surface area contributed by atoms with E-state index in [4.69, 9.17) is 0 Å². The third kappa shape index (κ3) is 2.28. The Labute approximate surface area is 96.9 Å². The molecule has 1 unspecified atom stereocenters. The second-order valence-corrected chi connectivity index (χ2v) is 5.10. The monoisotopic (exact) mass is 220 g/mol. The van der Waals surface area contributed by atoms with Crippen LogP contribution in [0.4, 0.5) is 0 Å². The third-order valence-corrected chi connectivity index (χ3v) is 3.76. The summed E-state index contributed by atoms with van der Waals surface area (Å²) >= 11 is 0. The summed E-state index contributed by atoms with van der Waals surface area (Å²) in [6, 6.07) is 9.46. The lowest BCUT2D eigenvalue weighted by atomic mass is 9.75. The van der Waals surface area contributed by atoms with E-state index in [0.29, 0.717) is 18.8 Å². The molecule has 2 rings (SSSR count). The maximum Gasteiger partial charge on any atom is 0.108 e. The minimum absolute atomic E-state index is 0.670. The molecule has 1 fully saturated rings. The lowest BCUT2D eigenvalue weighted by Crippen LogP contribution is -2.39. The summed E-state index contributed by atoms with van der Waals surface area (Å²) in [5.74, 6) is 0.670. The van der Waals surface area contributed by atoms with E-state index in [1.807, 2.05) is 30.3 Å². The summed E-state index contributed by atoms with van der Waals surface area (Å²) in [6.07, 6.45) is 2.65. The highest BCUT2D eigenvalue weighted by Gasteiger charge is 2.39. The van der Waals surface area contributed by atoms with Gasteiger partial charge in [-0.15, -0.1) is 0 Å². The van der Waals surface area contributed by atoms with Crippen molar-refractivity contribution in [1.29, 1.82) is 0 Å². The van der Waals surface area contributed by atoms with Crippen LogP contribution in [0.2, 0.25) is 0 Å². The fraction of sp³-hybridized carbons (Fsp3) is 0.571. The Morgan fingerprint density at radius 1 is 1.19 bits per heavy atom. The predicted molar refractivity (Wildman–Crippen MR) is 64.0 cm³/mol. The molecule has 2 heteroatoms. The Kier molecular flexibility index (Phi) is 3.31. The highest BCUT2D eigenvalue weighted by Crippen LogP contribution is 2.40. The zero-order valence-electron chi connectivity index (χ0n) is 9.76. The number of aliphatic hydroxyl groups is 2. The highest BCUT2D eigenvalue weighted by atomic mass is 16.3. The van der Waals surface area contributed by atoms with E-state index in [0.717, 1.165) is 18.4 Å². The van der Waals surface area contributed by atoms with Gasteiger partial charge < -0.3 is 10.2 Å². The molecule has 1 aliphatic carbocycles. The average Bonchev–Trinajstić information content (AvgIpc) is 2.33. The first-order chi connectivity index (χ1) is 7.62. The maximum atomic E-state index is 10.5. The first-order valence-electron chi connectivity index (χ1n) is 6.07. The molecule has 0 spiro atoms. The number of rotatable bonds is 2. The van der Waals surface area contributed by atoms with Gasteiger partial charge in [0.25, 0.3) is 0 Å². The van der Waals surface area contributed by atoms with E-state index in [2.05, 4.69) is 6.92 Å². The van der Waals surface area contributed by atoms with Crippen LogP contribution >= 0.6 is 0 Å². The molecule has 0 saturated heterocycles. The van der Waals surface area contributed by atoms with Gasteiger partial charge in [-0.25, -0.2) is 0 Å². The van der Waals surface area contributed by atoms with Crippen molar-refractivity contribution in [3.05, 3.63) is 35.9 Å². The van der Waals surface area contributed by atoms with Gasteiger partial charge >= 0.3 is 0 Å². The molecule has 0 aliphatic heterocycles. The SMILES string of the molecule is CC1CCC(O)(C(O)c2ccccc2)CC1. The van der Waals surface area contributed by atoms with E-state index < -0.39 is 11.7 Å². The molecule has 0 radical (unpaired) electrons. The van der Waals surface area contributed by atoms with E-state index in [1.54, 1.807) is 0 Å². The van der Waals surface area contributed by atoms with Crippen molar-refractivity contribution in [3.63, 3.8) is 0 Å². The molecule has 0 aromatic heterocycles. The quantitative estimate of drug-likeness (QED) is 0.804. The molecule has 1 aliphatic rings. The van der Waals surface area contributed by atoms with Crippen LogP contribution in [-0.4, -0.2) is 15.8 Å². The molecule has 1 aromatic carbocycles. The minimum atomic E-state index is -0.923. The molecule has 0 heterocycles. The van der Waals surface area contributed by atoms with Gasteiger partial charge in [-0.2, -0.15) is 0 Å². The van der Waals surface area contributed by atoms with Crippen LogP contribution in [0.3, 0.4) is 0 Å². The second-order valence-electron chi connectivity index (χ2n) is 5.10. The molecule has 16 heavy (non-hydrogen) atoms. The van der Waals surface area contributed by atoms with Gasteiger partial charge in [0.15, 0.2) is 0 Å². The van der Waals surface area contributed by atoms with Crippen molar-refractivity contribution < 1.29 is 10.2 Å². The number of aliphatic hydroxyl groups excluding tert-OH is 1. The molecular formula is C14H20O2. The number of hydrogen-bond acceptors (Lipinski definition) is 2. The first kappa shape index (κ1) is 11.6. The van der Waals surface area contributed by atoms with Crippen molar-refractivity contribution in [1.82, 2.24) is 0 Å². The molecule has 1 aromatic rings. The predicted octanol–water partition coefficient (Wildman–Crippen LogP) is 2.66. The van der Waals surface area contributed by atoms with Gasteiger partial charge in [0, 0.05) is 0 Å². The van der Waals surface area contributed by atoms with Gasteiger partial charge in [0.2, 0.25) is 0 Å². The van der Waals surface area contributed by atoms with Gasteiger partial charge in [-0.3, -0.25) is 0 Å². The molecule has 2 nitrogen and oxygen atoms in total. The standard InChI is InChI=1S/C14H20O2/c1-11-7-9-14(16,10-8-11)13(15)12-5-3-2-4-6-12/h2-6,11,13,15-16H,7-10H2,1H3. The van der Waals surface area contributed by atoms with Crippen LogP contribution in [0.15, 0.2) is 30.3 Å². The van der Waals surface area contributed by atoms with Gasteiger partial charge in [0.1, 0.15) is 6.10 Å². The topological polar surface area (TPSA) is 40.5 Å². The van der Waals surface area contributed by atoms with Crippen LogP contribution in [0.1, 0.15) is 44.3 Å². The van der Waals surface area contributed by atoms with Crippen molar-refractivity contribution in [2.45, 2.75) is 44.3 Å². The number of hydrogen-bond donors (Lipinski definition) is 2. The van der Waals surface area contributed by atoms with Gasteiger partial charge in [-0.1, -0.05) is 37.3 Å². The largest absolute Gasteiger partial charge is 0.387 e. The van der Waals surface area contributed by atoms with Gasteiger partial charge in [-0.05, 0) is 37.2 Å². The summed E-state index contributed by atoms with van der Waals surface area (Å²) < 4.78 is 0. The normalized spacial score (nSPS) is 32.3. The van der Waals surface area contributed by atoms with E-state index >= 15 is 0 Å². The summed E-state index contributed by atoms with van der Waals surface area (Å²) in [5, 5.41) is 20.7. The highest BCUT2D eigenvalue weighted by molar-refractivity contribution is 5.20. The van der Waals surface area contributed by atoms with E-state index in [9.17, 15) is 10.2 Å². The Bertz CT molecular complexity index is 326. The van der Waals surface area contributed by atoms with Crippen molar-refractivity contribution >= 4 is 0 Å². The van der Waals surface area contributed by atoms with Crippen LogP contribution in [0.5, 0.6) is 0 Å². The first-order valence-corrected chi connectivity index (χ1v) is 6.07. The van der Waals surface area contributed by atoms with Crippen LogP contribution in [0, 0.1) is 5.92 Å². The van der Waals surface area contributed by atoms with Crippen molar-refractivity contribution in [2.24, 2.45) is 5.92 Å². The molecule has 1 saturated carbocycles. The summed E-state index contributed by atoms with van der Waals surface area (Å²) in [7, 11) is 0. The molecule has 0 bridgehead atoms. The second kappa shape index (κ2) is 4.56. The fourth-order valence-electron chi connectivity index (χ4n) is 2.48. The molecule has 88 valence electrons. The third-order valence-electron chi connectivity index (χ3n) is 3.76. The molecule has 0 amide bonds. The van der Waals surface area contributed by atoms with Crippen LogP contribution in [0.25, 0.3) is 0 Å². The Morgan fingerprint density at radius 2 is 1.75 bits per heavy atom. The zero-order valence-corrected chi connectivity index (χ0v) is 9.76. The Balaban J connectivity index is 2.12. The zero-order chi connectivity index (χ0) is 11.6. The van der Waals surface area contributed by atoms with E-state index in [1.165, 1.54) is 0 Å². The maximum absolute atomic E-state index is 10.5. The summed E-state index contributed by atoms with van der Waals surface area (Å²) in [5.41, 5.74) is -0.104. The number of benzene rings is 1. The average molecular weight is 220 g/mol. The minimum Gasteiger partial charge on any atom is -0.387 e. The fourth-order valence-corrected chi connectivity index (χ4v) is 2.48. The lowest BCUT2D eigenvalue weighted by Gasteiger charge is -2.38. The molecule has 1 atom stereocenters. The molecular weight excluding hydrogens is 200 g/mol. The van der Waals surface area contributed by atoms with Crippen LogP contribution < -0.4 is 0 Å². The Hall–Kier alpha value is -0.860.